The molecule has 0 aromatic carbocycles. The van der Waals surface area contributed by atoms with Crippen molar-refractivity contribution in [2.45, 2.75) is 13.1 Å². The summed E-state index contributed by atoms with van der Waals surface area (Å²) in [5.41, 5.74) is 3.07. The molecule has 0 aliphatic heterocycles. The lowest BCUT2D eigenvalue weighted by atomic mass is 10.3. The van der Waals surface area contributed by atoms with Crippen molar-refractivity contribution in [1.82, 2.24) is 29.9 Å². The maximum Gasteiger partial charge on any atom is 0.155 e. The number of H-pyrrole nitrogens is 1. The van der Waals surface area contributed by atoms with E-state index in [1.807, 2.05) is 29.2 Å². The Morgan fingerprint density at radius 3 is 3.00 bits per heavy atom. The largest absolute Gasteiger partial charge is 0.307 e. The third-order valence-corrected chi connectivity index (χ3v) is 3.04. The van der Waals surface area contributed by atoms with Gasteiger partial charge in [-0.3, -0.25) is 9.50 Å². The standard InChI is InChI=1S/C11H11BrN6/c12-10-7-18-9(5-15-11(18)6-14-10)4-13-1-8-2-16-17-3-8/h2-3,5-7,13H,1,4H2,(H,16,17). The van der Waals surface area contributed by atoms with Gasteiger partial charge in [0, 0.05) is 31.0 Å². The Morgan fingerprint density at radius 2 is 2.17 bits per heavy atom. The van der Waals surface area contributed by atoms with Crippen molar-refractivity contribution >= 4 is 21.6 Å². The van der Waals surface area contributed by atoms with Gasteiger partial charge in [0.2, 0.25) is 0 Å². The topological polar surface area (TPSA) is 70.9 Å². The maximum atomic E-state index is 4.30. The second-order valence-electron chi connectivity index (χ2n) is 3.90. The summed E-state index contributed by atoms with van der Waals surface area (Å²) in [5, 5.41) is 10.0. The quantitative estimate of drug-likeness (QED) is 0.766. The lowest BCUT2D eigenvalue weighted by molar-refractivity contribution is 0.675. The van der Waals surface area contributed by atoms with Crippen LogP contribution < -0.4 is 5.32 Å². The third-order valence-electron chi connectivity index (χ3n) is 2.63. The molecule has 0 saturated carbocycles. The molecule has 0 aliphatic rings. The second-order valence-corrected chi connectivity index (χ2v) is 4.71. The molecule has 7 heteroatoms. The molecular formula is C11H11BrN6. The average Bonchev–Trinajstić information content (AvgIpc) is 2.99. The lowest BCUT2D eigenvalue weighted by Crippen LogP contribution is -2.13. The highest BCUT2D eigenvalue weighted by Crippen LogP contribution is 2.10. The number of aromatic amines is 1. The number of rotatable bonds is 4. The molecule has 3 aromatic heterocycles. The maximum absolute atomic E-state index is 4.30. The summed E-state index contributed by atoms with van der Waals surface area (Å²) in [4.78, 5) is 8.44. The number of hydrogen-bond acceptors (Lipinski definition) is 4. The Hall–Kier alpha value is -1.73. The van der Waals surface area contributed by atoms with Crippen LogP contribution >= 0.6 is 15.9 Å². The van der Waals surface area contributed by atoms with E-state index in [1.165, 1.54) is 0 Å². The van der Waals surface area contributed by atoms with E-state index in [1.54, 1.807) is 6.20 Å². The van der Waals surface area contributed by atoms with Crippen molar-refractivity contribution in [3.8, 4) is 0 Å². The van der Waals surface area contributed by atoms with E-state index >= 15 is 0 Å². The Morgan fingerprint density at radius 1 is 1.22 bits per heavy atom. The van der Waals surface area contributed by atoms with Crippen molar-refractivity contribution < 1.29 is 0 Å². The van der Waals surface area contributed by atoms with Crippen molar-refractivity contribution in [1.29, 1.82) is 0 Å². The fraction of sp³-hybridized carbons (Fsp3) is 0.182. The van der Waals surface area contributed by atoms with Crippen molar-refractivity contribution in [2.24, 2.45) is 0 Å². The van der Waals surface area contributed by atoms with Gasteiger partial charge in [-0.05, 0) is 15.9 Å². The molecule has 0 unspecified atom stereocenters. The molecule has 0 fully saturated rings. The molecule has 6 nitrogen and oxygen atoms in total. The number of halogens is 1. The third kappa shape index (κ3) is 2.27. The predicted octanol–water partition coefficient (Wildman–Crippen LogP) is 1.50. The highest BCUT2D eigenvalue weighted by molar-refractivity contribution is 9.10. The van der Waals surface area contributed by atoms with Gasteiger partial charge in [0.15, 0.2) is 5.65 Å². The predicted molar refractivity (Wildman–Crippen MR) is 69.8 cm³/mol. The highest BCUT2D eigenvalue weighted by Gasteiger charge is 2.04. The molecular weight excluding hydrogens is 296 g/mol. The minimum atomic E-state index is 0.739. The van der Waals surface area contributed by atoms with E-state index in [4.69, 9.17) is 0 Å². The van der Waals surface area contributed by atoms with Gasteiger partial charge < -0.3 is 5.32 Å². The lowest BCUT2D eigenvalue weighted by Gasteiger charge is -2.03. The number of aromatic nitrogens is 5. The van der Waals surface area contributed by atoms with Gasteiger partial charge in [-0.2, -0.15) is 5.10 Å². The summed E-state index contributed by atoms with van der Waals surface area (Å²) in [6.45, 7) is 1.51. The number of hydrogen-bond donors (Lipinski definition) is 2. The van der Waals surface area contributed by atoms with E-state index < -0.39 is 0 Å². The van der Waals surface area contributed by atoms with Crippen molar-refractivity contribution in [3.05, 3.63) is 46.8 Å². The zero-order valence-electron chi connectivity index (χ0n) is 9.47. The number of nitrogens with one attached hydrogen (secondary N) is 2. The summed E-state index contributed by atoms with van der Waals surface area (Å²) in [6.07, 6.45) is 9.19. The molecule has 0 saturated heterocycles. The second kappa shape index (κ2) is 4.87. The first-order chi connectivity index (χ1) is 8.83. The van der Waals surface area contributed by atoms with Crippen LogP contribution in [0.1, 0.15) is 11.3 Å². The van der Waals surface area contributed by atoms with Crippen LogP contribution in [0.2, 0.25) is 0 Å². The Kier molecular flexibility index (Phi) is 3.07. The van der Waals surface area contributed by atoms with Crippen LogP contribution in [0.25, 0.3) is 5.65 Å². The molecule has 92 valence electrons. The fourth-order valence-electron chi connectivity index (χ4n) is 1.76. The van der Waals surface area contributed by atoms with Gasteiger partial charge in [0.25, 0.3) is 0 Å². The molecule has 0 atom stereocenters. The summed E-state index contributed by atoms with van der Waals surface area (Å²) < 4.78 is 2.81. The zero-order valence-corrected chi connectivity index (χ0v) is 11.1. The van der Waals surface area contributed by atoms with Crippen LogP contribution in [0.4, 0.5) is 0 Å². The molecule has 0 radical (unpaired) electrons. The van der Waals surface area contributed by atoms with Gasteiger partial charge in [0.1, 0.15) is 4.60 Å². The summed E-state index contributed by atoms with van der Waals surface area (Å²) in [6, 6.07) is 0. The van der Waals surface area contributed by atoms with E-state index in [2.05, 4.69) is 41.4 Å². The van der Waals surface area contributed by atoms with E-state index in [0.29, 0.717) is 0 Å². The Bertz CT molecular complexity index is 645. The Labute approximate surface area is 112 Å². The smallest absolute Gasteiger partial charge is 0.155 e. The first-order valence-electron chi connectivity index (χ1n) is 5.49. The molecule has 0 aliphatic carbocycles. The first-order valence-corrected chi connectivity index (χ1v) is 6.28. The zero-order chi connectivity index (χ0) is 12.4. The van der Waals surface area contributed by atoms with Crippen LogP contribution in [0.15, 0.2) is 35.6 Å². The van der Waals surface area contributed by atoms with Crippen LogP contribution in [0.5, 0.6) is 0 Å². The summed E-state index contributed by atoms with van der Waals surface area (Å²) in [5.74, 6) is 0. The molecule has 3 rings (SSSR count). The average molecular weight is 307 g/mol. The van der Waals surface area contributed by atoms with Gasteiger partial charge in [0.05, 0.1) is 24.3 Å². The molecule has 0 bridgehead atoms. The Balaban J connectivity index is 1.72. The van der Waals surface area contributed by atoms with Crippen LogP contribution in [-0.2, 0) is 13.1 Å². The van der Waals surface area contributed by atoms with Crippen LogP contribution in [-0.4, -0.2) is 24.6 Å². The number of fused-ring (bicyclic) bond motifs is 1. The monoisotopic (exact) mass is 306 g/mol. The first kappa shape index (κ1) is 11.4. The molecule has 3 heterocycles. The van der Waals surface area contributed by atoms with Gasteiger partial charge in [-0.25, -0.2) is 9.97 Å². The van der Waals surface area contributed by atoms with Crippen LogP contribution in [0.3, 0.4) is 0 Å². The van der Waals surface area contributed by atoms with Crippen molar-refractivity contribution in [2.75, 3.05) is 0 Å². The molecule has 0 spiro atoms. The van der Waals surface area contributed by atoms with E-state index in [-0.39, 0.29) is 0 Å². The molecule has 18 heavy (non-hydrogen) atoms. The van der Waals surface area contributed by atoms with E-state index in [0.717, 1.165) is 34.6 Å². The van der Waals surface area contributed by atoms with Gasteiger partial charge in [-0.1, -0.05) is 0 Å². The number of imidazole rings is 1. The molecule has 3 aromatic rings. The minimum absolute atomic E-state index is 0.739. The molecule has 0 amide bonds. The SMILES string of the molecule is Brc1cn2c(CNCc3cn[nH]c3)cnc2cn1. The minimum Gasteiger partial charge on any atom is -0.307 e. The summed E-state index contributed by atoms with van der Waals surface area (Å²) >= 11 is 3.36. The normalized spacial score (nSPS) is 11.2. The summed E-state index contributed by atoms with van der Waals surface area (Å²) in [7, 11) is 0. The van der Waals surface area contributed by atoms with Crippen molar-refractivity contribution in [3.63, 3.8) is 0 Å². The fourth-order valence-corrected chi connectivity index (χ4v) is 2.06. The van der Waals surface area contributed by atoms with Gasteiger partial charge in [-0.15, -0.1) is 0 Å². The van der Waals surface area contributed by atoms with Gasteiger partial charge >= 0.3 is 0 Å². The number of nitrogens with zero attached hydrogens (tertiary/aromatic N) is 4. The molecule has 2 N–H and O–H groups in total. The highest BCUT2D eigenvalue weighted by atomic mass is 79.9. The van der Waals surface area contributed by atoms with E-state index in [9.17, 15) is 0 Å². The van der Waals surface area contributed by atoms with Crippen LogP contribution in [0, 0.1) is 0 Å².